The number of amides is 2. The number of rotatable bonds is 6. The second kappa shape index (κ2) is 7.42. The van der Waals surface area contributed by atoms with Gasteiger partial charge in [-0.1, -0.05) is 35.5 Å². The van der Waals surface area contributed by atoms with Crippen molar-refractivity contribution in [3.05, 3.63) is 35.9 Å². The number of carbonyl (C=O) groups excluding carboxylic acids is 2. The van der Waals surface area contributed by atoms with Crippen LogP contribution in [0.2, 0.25) is 0 Å². The Morgan fingerprint density at radius 2 is 2.10 bits per heavy atom. The Bertz CT molecular complexity index is 512. The molecule has 1 aliphatic rings. The van der Waals surface area contributed by atoms with E-state index in [4.69, 9.17) is 0 Å². The van der Waals surface area contributed by atoms with Crippen LogP contribution in [0.15, 0.2) is 35.5 Å². The van der Waals surface area contributed by atoms with Crippen molar-refractivity contribution < 1.29 is 14.4 Å². The predicted octanol–water partition coefficient (Wildman–Crippen LogP) is 0.578. The average Bonchev–Trinajstić information content (AvgIpc) is 2.43. The SMILES string of the molecule is CO/N=C/C(=O)N[C@@H](Cc1ccccc1)C(=O)N1CCC1. The van der Waals surface area contributed by atoms with Gasteiger partial charge in [-0.2, -0.15) is 0 Å². The smallest absolute Gasteiger partial charge is 0.266 e. The third kappa shape index (κ3) is 4.30. The molecule has 1 aromatic rings. The highest BCUT2D eigenvalue weighted by Gasteiger charge is 2.29. The summed E-state index contributed by atoms with van der Waals surface area (Å²) in [7, 11) is 1.36. The third-order valence-corrected chi connectivity index (χ3v) is 3.34. The molecule has 6 nitrogen and oxygen atoms in total. The lowest BCUT2D eigenvalue weighted by molar-refractivity contribution is -0.138. The molecule has 1 saturated heterocycles. The fourth-order valence-corrected chi connectivity index (χ4v) is 2.12. The van der Waals surface area contributed by atoms with E-state index in [1.54, 1.807) is 4.90 Å². The summed E-state index contributed by atoms with van der Waals surface area (Å²) >= 11 is 0. The molecule has 0 aliphatic carbocycles. The first kappa shape index (κ1) is 15.0. The molecule has 1 fully saturated rings. The van der Waals surface area contributed by atoms with E-state index in [-0.39, 0.29) is 5.91 Å². The van der Waals surface area contributed by atoms with Crippen LogP contribution >= 0.6 is 0 Å². The Morgan fingerprint density at radius 3 is 2.67 bits per heavy atom. The van der Waals surface area contributed by atoms with E-state index in [1.807, 2.05) is 30.3 Å². The van der Waals surface area contributed by atoms with Crippen LogP contribution in [0.1, 0.15) is 12.0 Å². The fraction of sp³-hybridized carbons (Fsp3) is 0.400. The lowest BCUT2D eigenvalue weighted by Crippen LogP contribution is -2.54. The van der Waals surface area contributed by atoms with Gasteiger partial charge in [-0.3, -0.25) is 9.59 Å². The number of nitrogens with zero attached hydrogens (tertiary/aromatic N) is 2. The van der Waals surface area contributed by atoms with Crippen molar-refractivity contribution in [3.63, 3.8) is 0 Å². The molecular weight excluding hydrogens is 270 g/mol. The maximum atomic E-state index is 12.4. The molecule has 2 rings (SSSR count). The van der Waals surface area contributed by atoms with Gasteiger partial charge in [0.05, 0.1) is 0 Å². The van der Waals surface area contributed by atoms with E-state index in [0.717, 1.165) is 31.3 Å². The first-order chi connectivity index (χ1) is 10.2. The first-order valence-electron chi connectivity index (χ1n) is 6.90. The second-order valence-corrected chi connectivity index (χ2v) is 4.85. The minimum Gasteiger partial charge on any atom is -0.399 e. The Labute approximate surface area is 123 Å². The molecule has 0 unspecified atom stereocenters. The maximum Gasteiger partial charge on any atom is 0.266 e. The quantitative estimate of drug-likeness (QED) is 0.615. The van der Waals surface area contributed by atoms with Crippen molar-refractivity contribution in [2.75, 3.05) is 20.2 Å². The zero-order valence-corrected chi connectivity index (χ0v) is 12.0. The maximum absolute atomic E-state index is 12.4. The van der Waals surface area contributed by atoms with Crippen LogP contribution in [0.3, 0.4) is 0 Å². The van der Waals surface area contributed by atoms with Crippen molar-refractivity contribution in [2.45, 2.75) is 18.9 Å². The summed E-state index contributed by atoms with van der Waals surface area (Å²) in [5.41, 5.74) is 1.00. The molecule has 0 radical (unpaired) electrons. The normalized spacial score (nSPS) is 15.4. The average molecular weight is 289 g/mol. The number of hydrogen-bond donors (Lipinski definition) is 1. The van der Waals surface area contributed by atoms with Gasteiger partial charge in [0.1, 0.15) is 19.4 Å². The zero-order valence-electron chi connectivity index (χ0n) is 12.0. The van der Waals surface area contributed by atoms with Gasteiger partial charge in [0.2, 0.25) is 5.91 Å². The van der Waals surface area contributed by atoms with Gasteiger partial charge in [-0.15, -0.1) is 0 Å². The standard InChI is InChI=1S/C15H19N3O3/c1-21-16-11-14(19)17-13(15(20)18-8-5-9-18)10-12-6-3-2-4-7-12/h2-4,6-7,11,13H,5,8-10H2,1H3,(H,17,19)/b16-11+/t13-/m0/s1. The third-order valence-electron chi connectivity index (χ3n) is 3.34. The number of carbonyl (C=O) groups is 2. The molecule has 1 atom stereocenters. The summed E-state index contributed by atoms with van der Waals surface area (Å²) < 4.78 is 0. The molecule has 0 aromatic heterocycles. The lowest BCUT2D eigenvalue weighted by Gasteiger charge is -2.34. The molecule has 0 saturated carbocycles. The van der Waals surface area contributed by atoms with E-state index in [9.17, 15) is 9.59 Å². The van der Waals surface area contributed by atoms with Crippen LogP contribution < -0.4 is 5.32 Å². The number of benzene rings is 1. The van der Waals surface area contributed by atoms with Gasteiger partial charge in [-0.25, -0.2) is 0 Å². The molecule has 1 aliphatic heterocycles. The summed E-state index contributed by atoms with van der Waals surface area (Å²) in [6.45, 7) is 1.51. The molecule has 0 bridgehead atoms. The molecule has 0 spiro atoms. The number of oxime groups is 1. The van der Waals surface area contributed by atoms with Crippen LogP contribution in [0.4, 0.5) is 0 Å². The Balaban J connectivity index is 2.04. The minimum absolute atomic E-state index is 0.0516. The van der Waals surface area contributed by atoms with Gasteiger partial charge < -0.3 is 15.1 Å². The van der Waals surface area contributed by atoms with Gasteiger partial charge in [0.25, 0.3) is 5.91 Å². The van der Waals surface area contributed by atoms with Crippen molar-refractivity contribution in [1.29, 1.82) is 0 Å². The van der Waals surface area contributed by atoms with E-state index < -0.39 is 11.9 Å². The van der Waals surface area contributed by atoms with Crippen LogP contribution in [0.5, 0.6) is 0 Å². The highest BCUT2D eigenvalue weighted by atomic mass is 16.6. The van der Waals surface area contributed by atoms with E-state index in [0.29, 0.717) is 6.42 Å². The van der Waals surface area contributed by atoms with E-state index in [2.05, 4.69) is 15.3 Å². The predicted molar refractivity (Wildman–Crippen MR) is 78.8 cm³/mol. The van der Waals surface area contributed by atoms with Crippen LogP contribution in [-0.2, 0) is 20.8 Å². The van der Waals surface area contributed by atoms with Gasteiger partial charge in [0, 0.05) is 19.5 Å². The number of likely N-dealkylation sites (tertiary alicyclic amines) is 1. The van der Waals surface area contributed by atoms with Gasteiger partial charge >= 0.3 is 0 Å². The van der Waals surface area contributed by atoms with Crippen molar-refractivity contribution in [3.8, 4) is 0 Å². The number of hydrogen-bond acceptors (Lipinski definition) is 4. The molecule has 21 heavy (non-hydrogen) atoms. The minimum atomic E-state index is -0.580. The Morgan fingerprint density at radius 1 is 1.38 bits per heavy atom. The number of nitrogens with one attached hydrogen (secondary N) is 1. The molecule has 1 aromatic carbocycles. The van der Waals surface area contributed by atoms with Gasteiger partial charge in [-0.05, 0) is 12.0 Å². The summed E-state index contributed by atoms with van der Waals surface area (Å²) in [5, 5.41) is 6.10. The summed E-state index contributed by atoms with van der Waals surface area (Å²) in [4.78, 5) is 30.3. The molecule has 1 N–H and O–H groups in total. The van der Waals surface area contributed by atoms with Crippen molar-refractivity contribution in [1.82, 2.24) is 10.2 Å². The van der Waals surface area contributed by atoms with Gasteiger partial charge in [0.15, 0.2) is 0 Å². The summed E-state index contributed by atoms with van der Waals surface area (Å²) in [6, 6.07) is 9.03. The Kier molecular flexibility index (Phi) is 5.31. The fourth-order valence-electron chi connectivity index (χ4n) is 2.12. The van der Waals surface area contributed by atoms with E-state index in [1.165, 1.54) is 7.11 Å². The zero-order chi connectivity index (χ0) is 15.1. The second-order valence-electron chi connectivity index (χ2n) is 4.85. The van der Waals surface area contributed by atoms with Crippen LogP contribution in [0.25, 0.3) is 0 Å². The summed E-state index contributed by atoms with van der Waals surface area (Å²) in [6.07, 6.45) is 2.51. The first-order valence-corrected chi connectivity index (χ1v) is 6.90. The molecular formula is C15H19N3O3. The molecule has 112 valence electrons. The van der Waals surface area contributed by atoms with Crippen LogP contribution in [-0.4, -0.2) is 49.2 Å². The van der Waals surface area contributed by atoms with E-state index >= 15 is 0 Å². The van der Waals surface area contributed by atoms with Crippen molar-refractivity contribution in [2.24, 2.45) is 5.16 Å². The highest BCUT2D eigenvalue weighted by molar-refractivity contribution is 6.26. The molecule has 6 heteroatoms. The molecule has 2 amide bonds. The largest absolute Gasteiger partial charge is 0.399 e. The lowest BCUT2D eigenvalue weighted by atomic mass is 10.0. The summed E-state index contributed by atoms with van der Waals surface area (Å²) in [5.74, 6) is -0.490. The highest BCUT2D eigenvalue weighted by Crippen LogP contribution is 2.11. The topological polar surface area (TPSA) is 71.0 Å². The Hall–Kier alpha value is -2.37. The van der Waals surface area contributed by atoms with Crippen molar-refractivity contribution >= 4 is 18.0 Å². The monoisotopic (exact) mass is 289 g/mol. The molecule has 1 heterocycles. The van der Waals surface area contributed by atoms with Crippen LogP contribution in [0, 0.1) is 0 Å².